The summed E-state index contributed by atoms with van der Waals surface area (Å²) in [6.45, 7) is 2.35. The second kappa shape index (κ2) is 8.26. The Kier molecular flexibility index (Phi) is 7.33. The molecule has 1 fully saturated rings. The molecule has 1 unspecified atom stereocenters. The molecule has 1 saturated carbocycles. The normalized spacial score (nSPS) is 20.2. The van der Waals surface area contributed by atoms with Crippen molar-refractivity contribution >= 4 is 9.28 Å². The van der Waals surface area contributed by atoms with Crippen LogP contribution in [-0.2, 0) is 8.85 Å². The molecule has 0 aliphatic heterocycles. The molecule has 0 saturated heterocycles. The largest absolute Gasteiger partial charge is 0.400 e. The van der Waals surface area contributed by atoms with Crippen molar-refractivity contribution in [2.24, 2.45) is 11.8 Å². The third-order valence-electron chi connectivity index (χ3n) is 3.91. The Morgan fingerprint density at radius 3 is 2.31 bits per heavy atom. The molecular formula is C13H28O2Si. The third kappa shape index (κ3) is 5.46. The van der Waals surface area contributed by atoms with Crippen LogP contribution in [0.1, 0.15) is 51.9 Å². The summed E-state index contributed by atoms with van der Waals surface area (Å²) in [7, 11) is 2.25. The summed E-state index contributed by atoms with van der Waals surface area (Å²) < 4.78 is 10.8. The molecule has 3 heteroatoms. The maximum absolute atomic E-state index is 5.38. The van der Waals surface area contributed by atoms with Gasteiger partial charge in [0, 0.05) is 14.2 Å². The summed E-state index contributed by atoms with van der Waals surface area (Å²) in [6, 6.07) is 1.17. The summed E-state index contributed by atoms with van der Waals surface area (Å²) in [6.07, 6.45) is 10.1. The molecule has 1 aliphatic carbocycles. The molecule has 0 aromatic rings. The van der Waals surface area contributed by atoms with Crippen molar-refractivity contribution in [3.8, 4) is 0 Å². The molecule has 0 aromatic carbocycles. The summed E-state index contributed by atoms with van der Waals surface area (Å²) in [4.78, 5) is 0. The molecule has 0 bridgehead atoms. The minimum Gasteiger partial charge on any atom is -0.400 e. The Balaban J connectivity index is 2.10. The number of hydrogen-bond donors (Lipinski definition) is 0. The van der Waals surface area contributed by atoms with Gasteiger partial charge in [0.1, 0.15) is 0 Å². The maximum Gasteiger partial charge on any atom is 0.321 e. The van der Waals surface area contributed by atoms with E-state index in [1.54, 1.807) is 14.2 Å². The second-order valence-corrected chi connectivity index (χ2v) is 7.60. The first kappa shape index (κ1) is 14.2. The van der Waals surface area contributed by atoms with E-state index in [4.69, 9.17) is 8.85 Å². The lowest BCUT2D eigenvalue weighted by molar-refractivity contribution is 0.264. The van der Waals surface area contributed by atoms with Crippen LogP contribution in [0.3, 0.4) is 0 Å². The Morgan fingerprint density at radius 1 is 1.12 bits per heavy atom. The van der Waals surface area contributed by atoms with Crippen LogP contribution in [0.5, 0.6) is 0 Å². The highest BCUT2D eigenvalue weighted by molar-refractivity contribution is 6.44. The van der Waals surface area contributed by atoms with Gasteiger partial charge in [0.25, 0.3) is 0 Å². The van der Waals surface area contributed by atoms with E-state index in [1.807, 2.05) is 0 Å². The monoisotopic (exact) mass is 244 g/mol. The summed E-state index contributed by atoms with van der Waals surface area (Å²) in [5.74, 6) is 1.79. The molecule has 0 N–H and O–H groups in total. The molecule has 0 spiro atoms. The van der Waals surface area contributed by atoms with Gasteiger partial charge in [0.15, 0.2) is 0 Å². The molecule has 96 valence electrons. The van der Waals surface area contributed by atoms with Crippen LogP contribution in [0, 0.1) is 11.8 Å². The fourth-order valence-electron chi connectivity index (χ4n) is 2.73. The van der Waals surface area contributed by atoms with Crippen LogP contribution in [0.25, 0.3) is 0 Å². The topological polar surface area (TPSA) is 18.5 Å². The molecule has 1 atom stereocenters. The first-order valence-corrected chi connectivity index (χ1v) is 8.57. The lowest BCUT2D eigenvalue weighted by Gasteiger charge is -2.23. The molecule has 0 radical (unpaired) electrons. The third-order valence-corrected chi connectivity index (χ3v) is 6.15. The highest BCUT2D eigenvalue weighted by atomic mass is 28.3. The Morgan fingerprint density at radius 2 is 1.75 bits per heavy atom. The van der Waals surface area contributed by atoms with Crippen LogP contribution in [0.2, 0.25) is 6.04 Å². The van der Waals surface area contributed by atoms with E-state index in [9.17, 15) is 0 Å². The zero-order chi connectivity index (χ0) is 11.8. The zero-order valence-electron chi connectivity index (χ0n) is 11.2. The van der Waals surface area contributed by atoms with Crippen molar-refractivity contribution in [2.75, 3.05) is 14.2 Å². The van der Waals surface area contributed by atoms with E-state index in [2.05, 4.69) is 6.92 Å². The van der Waals surface area contributed by atoms with Gasteiger partial charge in [-0.2, -0.15) is 0 Å². The molecule has 0 amide bonds. The summed E-state index contributed by atoms with van der Waals surface area (Å²) in [5, 5.41) is 0. The van der Waals surface area contributed by atoms with E-state index in [-0.39, 0.29) is 0 Å². The van der Waals surface area contributed by atoms with Crippen LogP contribution < -0.4 is 0 Å². The lowest BCUT2D eigenvalue weighted by atomic mass is 9.85. The Hall–Kier alpha value is 0.137. The summed E-state index contributed by atoms with van der Waals surface area (Å²) in [5.41, 5.74) is 0. The van der Waals surface area contributed by atoms with E-state index in [1.165, 1.54) is 51.0 Å². The van der Waals surface area contributed by atoms with Gasteiger partial charge in [0.2, 0.25) is 0 Å². The summed E-state index contributed by atoms with van der Waals surface area (Å²) >= 11 is 0. The van der Waals surface area contributed by atoms with E-state index in [0.29, 0.717) is 0 Å². The van der Waals surface area contributed by atoms with Gasteiger partial charge in [-0.15, -0.1) is 0 Å². The van der Waals surface area contributed by atoms with E-state index >= 15 is 0 Å². The molecule has 0 heterocycles. The fourth-order valence-corrected chi connectivity index (χ4v) is 4.20. The molecule has 0 aromatic heterocycles. The van der Waals surface area contributed by atoms with Gasteiger partial charge in [-0.25, -0.2) is 0 Å². The van der Waals surface area contributed by atoms with Crippen molar-refractivity contribution in [1.29, 1.82) is 0 Å². The predicted octanol–water partition coefficient (Wildman–Crippen LogP) is 3.50. The number of rotatable bonds is 7. The van der Waals surface area contributed by atoms with Crippen molar-refractivity contribution in [1.82, 2.24) is 0 Å². The molecule has 16 heavy (non-hydrogen) atoms. The van der Waals surface area contributed by atoms with Crippen molar-refractivity contribution < 1.29 is 8.85 Å². The molecular weight excluding hydrogens is 216 g/mol. The minimum absolute atomic E-state index is 0.776. The van der Waals surface area contributed by atoms with E-state index < -0.39 is 9.28 Å². The Bertz CT molecular complexity index is 165. The SMILES string of the molecule is CO[SiH](CC(C)CCC1CCCCC1)OC. The van der Waals surface area contributed by atoms with Crippen molar-refractivity contribution in [3.63, 3.8) is 0 Å². The highest BCUT2D eigenvalue weighted by Gasteiger charge is 2.18. The van der Waals surface area contributed by atoms with Gasteiger partial charge in [-0.1, -0.05) is 51.9 Å². The first-order chi connectivity index (χ1) is 7.76. The number of hydrogen-bond acceptors (Lipinski definition) is 2. The second-order valence-electron chi connectivity index (χ2n) is 5.32. The first-order valence-electron chi connectivity index (χ1n) is 6.81. The predicted molar refractivity (Wildman–Crippen MR) is 70.9 cm³/mol. The van der Waals surface area contributed by atoms with E-state index in [0.717, 1.165) is 11.8 Å². The quantitative estimate of drug-likeness (QED) is 0.638. The maximum atomic E-state index is 5.38. The smallest absolute Gasteiger partial charge is 0.321 e. The van der Waals surface area contributed by atoms with Gasteiger partial charge < -0.3 is 8.85 Å². The highest BCUT2D eigenvalue weighted by Crippen LogP contribution is 2.29. The van der Waals surface area contributed by atoms with Crippen molar-refractivity contribution in [3.05, 3.63) is 0 Å². The van der Waals surface area contributed by atoms with Crippen LogP contribution in [-0.4, -0.2) is 23.5 Å². The lowest BCUT2D eigenvalue weighted by Crippen LogP contribution is -2.22. The molecule has 1 rings (SSSR count). The zero-order valence-corrected chi connectivity index (χ0v) is 12.4. The van der Waals surface area contributed by atoms with Crippen LogP contribution >= 0.6 is 0 Å². The van der Waals surface area contributed by atoms with Crippen LogP contribution in [0.15, 0.2) is 0 Å². The van der Waals surface area contributed by atoms with Gasteiger partial charge in [-0.05, 0) is 17.9 Å². The average molecular weight is 244 g/mol. The standard InChI is InChI=1S/C13H28O2Si/c1-12(11-16(14-2)15-3)9-10-13-7-5-4-6-8-13/h12-13,16H,4-11H2,1-3H3. The average Bonchev–Trinajstić information content (AvgIpc) is 2.34. The van der Waals surface area contributed by atoms with Crippen LogP contribution in [0.4, 0.5) is 0 Å². The van der Waals surface area contributed by atoms with Gasteiger partial charge >= 0.3 is 9.28 Å². The van der Waals surface area contributed by atoms with Gasteiger partial charge in [-0.3, -0.25) is 0 Å². The fraction of sp³-hybridized carbons (Fsp3) is 1.00. The van der Waals surface area contributed by atoms with Crippen molar-refractivity contribution in [2.45, 2.75) is 57.9 Å². The van der Waals surface area contributed by atoms with Gasteiger partial charge in [0.05, 0.1) is 0 Å². The minimum atomic E-state index is -1.32. The molecule has 2 nitrogen and oxygen atoms in total. The Labute approximate surface area is 103 Å². The molecule has 1 aliphatic rings.